The van der Waals surface area contributed by atoms with Crippen molar-refractivity contribution in [3.8, 4) is 5.75 Å². The second kappa shape index (κ2) is 6.90. The summed E-state index contributed by atoms with van der Waals surface area (Å²) in [5, 5.41) is 4.02. The molecule has 2 aromatic carbocycles. The van der Waals surface area contributed by atoms with Crippen LogP contribution in [0.25, 0.3) is 0 Å². The van der Waals surface area contributed by atoms with Crippen LogP contribution in [0.1, 0.15) is 22.6 Å². The molecule has 0 heterocycles. The summed E-state index contributed by atoms with van der Waals surface area (Å²) in [5.41, 5.74) is 3.50. The number of methoxy groups -OCH3 is 1. The molecule has 2 unspecified atom stereocenters. The van der Waals surface area contributed by atoms with E-state index in [4.69, 9.17) is 16.3 Å². The van der Waals surface area contributed by atoms with E-state index in [1.54, 1.807) is 6.07 Å². The fourth-order valence-electron chi connectivity index (χ4n) is 3.64. The quantitative estimate of drug-likeness (QED) is 0.885. The molecule has 0 amide bonds. The molecule has 4 heteroatoms. The molecule has 0 saturated heterocycles. The van der Waals surface area contributed by atoms with Crippen LogP contribution in [0.5, 0.6) is 5.75 Å². The molecule has 0 fully saturated rings. The minimum absolute atomic E-state index is 0.280. The van der Waals surface area contributed by atoms with Crippen molar-refractivity contribution >= 4 is 11.6 Å². The molecule has 3 rings (SSSR count). The van der Waals surface area contributed by atoms with E-state index >= 15 is 0 Å². The summed E-state index contributed by atoms with van der Waals surface area (Å²) in [6.07, 6.45) is 1.79. The van der Waals surface area contributed by atoms with Crippen LogP contribution >= 0.6 is 11.6 Å². The second-order valence-electron chi connectivity index (χ2n) is 6.15. The van der Waals surface area contributed by atoms with Gasteiger partial charge in [0, 0.05) is 5.02 Å². The number of hydrogen-bond acceptors (Lipinski definition) is 2. The normalized spacial score (nSPS) is 19.7. The highest BCUT2D eigenvalue weighted by molar-refractivity contribution is 6.30. The molecular weight excluding hydrogens is 313 g/mol. The standard InChI is InChI=1S/C19H21ClFNO/c1-22-11-14-8-13-9-18(21)19(23-2)10-17(13)16(14)7-12-4-3-5-15(20)6-12/h3-6,9-10,14,16,22H,7-8,11H2,1-2H3. The van der Waals surface area contributed by atoms with E-state index in [0.717, 1.165) is 30.0 Å². The van der Waals surface area contributed by atoms with Crippen molar-refractivity contribution in [1.29, 1.82) is 0 Å². The third-order valence-electron chi connectivity index (χ3n) is 4.68. The second-order valence-corrected chi connectivity index (χ2v) is 6.58. The van der Waals surface area contributed by atoms with Gasteiger partial charge >= 0.3 is 0 Å². The maximum Gasteiger partial charge on any atom is 0.165 e. The summed E-state index contributed by atoms with van der Waals surface area (Å²) >= 11 is 6.11. The Morgan fingerprint density at radius 2 is 2.13 bits per heavy atom. The molecule has 1 aliphatic rings. The lowest BCUT2D eigenvalue weighted by Crippen LogP contribution is -2.23. The van der Waals surface area contributed by atoms with Crippen molar-refractivity contribution in [2.45, 2.75) is 18.8 Å². The Morgan fingerprint density at radius 3 is 2.83 bits per heavy atom. The average Bonchev–Trinajstić information content (AvgIpc) is 2.83. The number of benzene rings is 2. The first-order valence-electron chi connectivity index (χ1n) is 7.87. The molecule has 1 aliphatic carbocycles. The van der Waals surface area contributed by atoms with E-state index in [9.17, 15) is 4.39 Å². The lowest BCUT2D eigenvalue weighted by atomic mass is 9.86. The number of rotatable bonds is 5. The zero-order chi connectivity index (χ0) is 16.4. The topological polar surface area (TPSA) is 21.3 Å². The molecule has 0 spiro atoms. The van der Waals surface area contributed by atoms with Crippen LogP contribution in [0.3, 0.4) is 0 Å². The van der Waals surface area contributed by atoms with Gasteiger partial charge in [-0.1, -0.05) is 23.7 Å². The first kappa shape index (κ1) is 16.3. The van der Waals surface area contributed by atoms with E-state index in [1.807, 2.05) is 31.3 Å². The van der Waals surface area contributed by atoms with E-state index in [1.165, 1.54) is 18.2 Å². The highest BCUT2D eigenvalue weighted by Gasteiger charge is 2.33. The van der Waals surface area contributed by atoms with Crippen LogP contribution in [0.4, 0.5) is 4.39 Å². The first-order chi connectivity index (χ1) is 11.1. The van der Waals surface area contributed by atoms with Gasteiger partial charge in [0.1, 0.15) is 0 Å². The first-order valence-corrected chi connectivity index (χ1v) is 8.25. The Hall–Kier alpha value is -1.58. The van der Waals surface area contributed by atoms with E-state index in [0.29, 0.717) is 17.6 Å². The van der Waals surface area contributed by atoms with Gasteiger partial charge in [-0.15, -0.1) is 0 Å². The third-order valence-corrected chi connectivity index (χ3v) is 4.91. The maximum absolute atomic E-state index is 14.0. The van der Waals surface area contributed by atoms with E-state index in [-0.39, 0.29) is 5.82 Å². The van der Waals surface area contributed by atoms with Crippen molar-refractivity contribution in [3.63, 3.8) is 0 Å². The number of fused-ring (bicyclic) bond motifs is 1. The van der Waals surface area contributed by atoms with Crippen molar-refractivity contribution in [1.82, 2.24) is 5.32 Å². The van der Waals surface area contributed by atoms with Crippen LogP contribution in [0.2, 0.25) is 5.02 Å². The molecule has 2 atom stereocenters. The molecule has 0 saturated carbocycles. The largest absolute Gasteiger partial charge is 0.494 e. The summed E-state index contributed by atoms with van der Waals surface area (Å²) in [6, 6.07) is 11.5. The smallest absolute Gasteiger partial charge is 0.165 e. The molecule has 0 aliphatic heterocycles. The SMILES string of the molecule is CNCC1Cc2cc(F)c(OC)cc2C1Cc1cccc(Cl)c1. The lowest BCUT2D eigenvalue weighted by molar-refractivity contribution is 0.385. The number of nitrogens with one attached hydrogen (secondary N) is 1. The third kappa shape index (κ3) is 3.36. The molecule has 0 bridgehead atoms. The zero-order valence-corrected chi connectivity index (χ0v) is 14.2. The van der Waals surface area contributed by atoms with Crippen molar-refractivity contribution in [2.75, 3.05) is 20.7 Å². The number of hydrogen-bond donors (Lipinski definition) is 1. The molecule has 122 valence electrons. The van der Waals surface area contributed by atoms with E-state index < -0.39 is 0 Å². The molecule has 2 aromatic rings. The van der Waals surface area contributed by atoms with Crippen molar-refractivity contribution in [2.24, 2.45) is 5.92 Å². The van der Waals surface area contributed by atoms with Crippen molar-refractivity contribution < 1.29 is 9.13 Å². The van der Waals surface area contributed by atoms with Crippen LogP contribution in [0, 0.1) is 11.7 Å². The number of halogens is 2. The summed E-state index contributed by atoms with van der Waals surface area (Å²) in [6.45, 7) is 0.907. The summed E-state index contributed by atoms with van der Waals surface area (Å²) in [7, 11) is 3.47. The fraction of sp³-hybridized carbons (Fsp3) is 0.368. The average molecular weight is 334 g/mol. The van der Waals surface area contributed by atoms with Gasteiger partial charge < -0.3 is 10.1 Å². The highest BCUT2D eigenvalue weighted by atomic mass is 35.5. The highest BCUT2D eigenvalue weighted by Crippen LogP contribution is 2.42. The van der Waals surface area contributed by atoms with Gasteiger partial charge in [-0.05, 0) is 79.2 Å². The van der Waals surface area contributed by atoms with Crippen LogP contribution < -0.4 is 10.1 Å². The lowest BCUT2D eigenvalue weighted by Gasteiger charge is -2.21. The predicted octanol–water partition coefficient (Wildman–Crippen LogP) is 4.21. The minimum Gasteiger partial charge on any atom is -0.494 e. The van der Waals surface area contributed by atoms with Gasteiger partial charge in [0.2, 0.25) is 0 Å². The molecule has 23 heavy (non-hydrogen) atoms. The Morgan fingerprint density at radius 1 is 1.30 bits per heavy atom. The summed E-state index contributed by atoms with van der Waals surface area (Å²) < 4.78 is 19.2. The minimum atomic E-state index is -0.280. The summed E-state index contributed by atoms with van der Waals surface area (Å²) in [4.78, 5) is 0. The molecular formula is C19H21ClFNO. The monoisotopic (exact) mass is 333 g/mol. The van der Waals surface area contributed by atoms with Gasteiger partial charge in [-0.3, -0.25) is 0 Å². The number of ether oxygens (including phenoxy) is 1. The molecule has 0 radical (unpaired) electrons. The summed E-state index contributed by atoms with van der Waals surface area (Å²) in [5.74, 6) is 0.828. The van der Waals surface area contributed by atoms with Crippen LogP contribution in [-0.4, -0.2) is 20.7 Å². The van der Waals surface area contributed by atoms with Gasteiger partial charge in [-0.2, -0.15) is 0 Å². The Balaban J connectivity index is 1.96. The Kier molecular flexibility index (Phi) is 4.88. The van der Waals surface area contributed by atoms with Gasteiger partial charge in [0.15, 0.2) is 11.6 Å². The molecule has 2 nitrogen and oxygen atoms in total. The Bertz CT molecular complexity index is 704. The van der Waals surface area contributed by atoms with E-state index in [2.05, 4.69) is 11.4 Å². The maximum atomic E-state index is 14.0. The zero-order valence-electron chi connectivity index (χ0n) is 13.4. The van der Waals surface area contributed by atoms with Gasteiger partial charge in [-0.25, -0.2) is 4.39 Å². The van der Waals surface area contributed by atoms with Gasteiger partial charge in [0.05, 0.1) is 7.11 Å². The Labute approximate surface area is 141 Å². The fourth-order valence-corrected chi connectivity index (χ4v) is 3.85. The predicted molar refractivity (Wildman–Crippen MR) is 92.0 cm³/mol. The molecule has 0 aromatic heterocycles. The molecule has 1 N–H and O–H groups in total. The van der Waals surface area contributed by atoms with Crippen LogP contribution in [0.15, 0.2) is 36.4 Å². The van der Waals surface area contributed by atoms with Crippen LogP contribution in [-0.2, 0) is 12.8 Å². The van der Waals surface area contributed by atoms with Gasteiger partial charge in [0.25, 0.3) is 0 Å². The van der Waals surface area contributed by atoms with Crippen molar-refractivity contribution in [3.05, 3.63) is 63.9 Å².